The summed E-state index contributed by atoms with van der Waals surface area (Å²) in [5.41, 5.74) is 4.23. The van der Waals surface area contributed by atoms with Crippen molar-refractivity contribution in [1.29, 1.82) is 0 Å². The molecule has 5 heteroatoms. The van der Waals surface area contributed by atoms with Crippen LogP contribution in [-0.4, -0.2) is 23.9 Å². The van der Waals surface area contributed by atoms with E-state index in [9.17, 15) is 4.39 Å². The first kappa shape index (κ1) is 15.5. The third kappa shape index (κ3) is 3.08. The summed E-state index contributed by atoms with van der Waals surface area (Å²) < 4.78 is 20.6. The monoisotopic (exact) mass is 291 g/mol. The van der Waals surface area contributed by atoms with Crippen LogP contribution in [0.4, 0.5) is 4.39 Å². The molecule has 0 bridgehead atoms. The van der Waals surface area contributed by atoms with Gasteiger partial charge in [-0.05, 0) is 45.0 Å². The van der Waals surface area contributed by atoms with Gasteiger partial charge in [-0.1, -0.05) is 6.07 Å². The Hall–Kier alpha value is -1.88. The maximum Gasteiger partial charge on any atom is 0.165 e. The molecule has 0 aliphatic carbocycles. The van der Waals surface area contributed by atoms with E-state index in [-0.39, 0.29) is 17.6 Å². The van der Waals surface area contributed by atoms with Crippen LogP contribution in [0.15, 0.2) is 18.2 Å². The van der Waals surface area contributed by atoms with Gasteiger partial charge in [0.2, 0.25) is 0 Å². The Morgan fingerprint density at radius 3 is 2.57 bits per heavy atom. The predicted octanol–water partition coefficient (Wildman–Crippen LogP) is 2.69. The van der Waals surface area contributed by atoms with E-state index in [2.05, 4.69) is 10.4 Å². The molecule has 0 saturated heterocycles. The number of ether oxygens (including phenoxy) is 1. The normalized spacial score (nSPS) is 12.5. The Morgan fingerprint density at radius 2 is 2.10 bits per heavy atom. The van der Waals surface area contributed by atoms with Gasteiger partial charge in [0.1, 0.15) is 0 Å². The van der Waals surface area contributed by atoms with Crippen LogP contribution in [0.1, 0.15) is 28.6 Å². The fourth-order valence-corrected chi connectivity index (χ4v) is 2.72. The second-order valence-electron chi connectivity index (χ2n) is 5.22. The van der Waals surface area contributed by atoms with Crippen LogP contribution in [0, 0.1) is 19.7 Å². The molecule has 21 heavy (non-hydrogen) atoms. The van der Waals surface area contributed by atoms with Gasteiger partial charge in [-0.15, -0.1) is 0 Å². The van der Waals surface area contributed by atoms with Crippen molar-refractivity contribution >= 4 is 0 Å². The van der Waals surface area contributed by atoms with E-state index in [1.165, 1.54) is 18.7 Å². The lowest BCUT2D eigenvalue weighted by molar-refractivity contribution is 0.386. The third-order valence-electron chi connectivity index (χ3n) is 3.92. The number of aryl methyl sites for hydroxylation is 2. The molecule has 1 N–H and O–H groups in total. The standard InChI is InChI=1S/C16H22FN3O/c1-10-16(11(2)20(4)19-10)14(18-3)9-12-6-7-15(21-5)13(17)8-12/h6-8,14,18H,9H2,1-5H3. The van der Waals surface area contributed by atoms with Crippen LogP contribution in [-0.2, 0) is 13.5 Å². The average Bonchev–Trinajstić information content (AvgIpc) is 2.70. The molecule has 4 nitrogen and oxygen atoms in total. The summed E-state index contributed by atoms with van der Waals surface area (Å²) in [5.74, 6) is -0.0574. The van der Waals surface area contributed by atoms with Gasteiger partial charge >= 0.3 is 0 Å². The van der Waals surface area contributed by atoms with Gasteiger partial charge < -0.3 is 10.1 Å². The second-order valence-corrected chi connectivity index (χ2v) is 5.22. The van der Waals surface area contributed by atoms with Crippen LogP contribution in [0.25, 0.3) is 0 Å². The summed E-state index contributed by atoms with van der Waals surface area (Å²) in [6, 6.07) is 5.20. The molecule has 1 aromatic heterocycles. The first-order chi connectivity index (χ1) is 9.97. The smallest absolute Gasteiger partial charge is 0.165 e. The molecule has 0 spiro atoms. The van der Waals surface area contributed by atoms with Crippen LogP contribution in [0.3, 0.4) is 0 Å². The maximum atomic E-state index is 13.8. The zero-order chi connectivity index (χ0) is 15.6. The van der Waals surface area contributed by atoms with Gasteiger partial charge in [-0.2, -0.15) is 5.10 Å². The average molecular weight is 291 g/mol. The first-order valence-electron chi connectivity index (χ1n) is 6.97. The summed E-state index contributed by atoms with van der Waals surface area (Å²) in [6.07, 6.45) is 0.699. The highest BCUT2D eigenvalue weighted by molar-refractivity contribution is 5.33. The molecule has 1 aromatic carbocycles. The molecule has 2 rings (SSSR count). The lowest BCUT2D eigenvalue weighted by atomic mass is 9.97. The largest absolute Gasteiger partial charge is 0.494 e. The molecule has 0 saturated carbocycles. The predicted molar refractivity (Wildman–Crippen MR) is 81.1 cm³/mol. The van der Waals surface area contributed by atoms with Gasteiger partial charge in [-0.25, -0.2) is 4.39 Å². The topological polar surface area (TPSA) is 39.1 Å². The number of likely N-dealkylation sites (N-methyl/N-ethyl adjacent to an activating group) is 1. The van der Waals surface area contributed by atoms with Gasteiger partial charge in [0.25, 0.3) is 0 Å². The van der Waals surface area contributed by atoms with E-state index >= 15 is 0 Å². The summed E-state index contributed by atoms with van der Waals surface area (Å²) in [5, 5.41) is 7.75. The summed E-state index contributed by atoms with van der Waals surface area (Å²) in [7, 11) is 5.32. The van der Waals surface area contributed by atoms with E-state index < -0.39 is 0 Å². The van der Waals surface area contributed by atoms with Crippen molar-refractivity contribution in [2.45, 2.75) is 26.3 Å². The van der Waals surface area contributed by atoms with Crippen LogP contribution in [0.5, 0.6) is 5.75 Å². The van der Waals surface area contributed by atoms with Gasteiger partial charge in [-0.3, -0.25) is 4.68 Å². The van der Waals surface area contributed by atoms with E-state index in [0.717, 1.165) is 17.0 Å². The molecule has 1 atom stereocenters. The Bertz CT molecular complexity index is 637. The van der Waals surface area contributed by atoms with Crippen LogP contribution in [0.2, 0.25) is 0 Å². The fraction of sp³-hybridized carbons (Fsp3) is 0.438. The minimum absolute atomic E-state index is 0.103. The third-order valence-corrected chi connectivity index (χ3v) is 3.92. The number of rotatable bonds is 5. The zero-order valence-electron chi connectivity index (χ0n) is 13.2. The number of hydrogen-bond acceptors (Lipinski definition) is 3. The number of nitrogens with zero attached hydrogens (tertiary/aromatic N) is 2. The number of methoxy groups -OCH3 is 1. The van der Waals surface area contributed by atoms with E-state index in [1.807, 2.05) is 38.7 Å². The molecule has 1 heterocycles. The second kappa shape index (κ2) is 6.26. The molecule has 2 aromatic rings. The van der Waals surface area contributed by atoms with Gasteiger partial charge in [0.15, 0.2) is 11.6 Å². The Labute approximate surface area is 124 Å². The molecular weight excluding hydrogens is 269 g/mol. The van der Waals surface area contributed by atoms with Crippen LogP contribution < -0.4 is 10.1 Å². The zero-order valence-corrected chi connectivity index (χ0v) is 13.2. The van der Waals surface area contributed by atoms with Crippen molar-refractivity contribution in [2.75, 3.05) is 14.2 Å². The van der Waals surface area contributed by atoms with Crippen molar-refractivity contribution in [1.82, 2.24) is 15.1 Å². The quantitative estimate of drug-likeness (QED) is 0.920. The van der Waals surface area contributed by atoms with Crippen molar-refractivity contribution in [3.63, 3.8) is 0 Å². The van der Waals surface area contributed by atoms with Crippen molar-refractivity contribution in [2.24, 2.45) is 7.05 Å². The molecule has 0 radical (unpaired) electrons. The van der Waals surface area contributed by atoms with Crippen molar-refractivity contribution < 1.29 is 9.13 Å². The van der Waals surface area contributed by atoms with E-state index in [1.54, 1.807) is 6.07 Å². The minimum atomic E-state index is -0.329. The minimum Gasteiger partial charge on any atom is -0.494 e. The lowest BCUT2D eigenvalue weighted by Crippen LogP contribution is -2.20. The van der Waals surface area contributed by atoms with Gasteiger partial charge in [0, 0.05) is 24.3 Å². The number of nitrogens with one attached hydrogen (secondary N) is 1. The molecular formula is C16H22FN3O. The van der Waals surface area contributed by atoms with Crippen LogP contribution >= 0.6 is 0 Å². The summed E-state index contributed by atoms with van der Waals surface area (Å²) in [6.45, 7) is 4.05. The highest BCUT2D eigenvalue weighted by Crippen LogP contribution is 2.26. The Balaban J connectivity index is 2.29. The Morgan fingerprint density at radius 1 is 1.38 bits per heavy atom. The molecule has 1 unspecified atom stereocenters. The number of hydrogen-bond donors (Lipinski definition) is 1. The number of benzene rings is 1. The molecule has 0 amide bonds. The summed E-state index contributed by atoms with van der Waals surface area (Å²) >= 11 is 0. The molecule has 0 aliphatic heterocycles. The Kier molecular flexibility index (Phi) is 4.63. The SMILES string of the molecule is CNC(Cc1ccc(OC)c(F)c1)c1c(C)nn(C)c1C. The highest BCUT2D eigenvalue weighted by Gasteiger charge is 2.19. The highest BCUT2D eigenvalue weighted by atomic mass is 19.1. The number of halogens is 1. The lowest BCUT2D eigenvalue weighted by Gasteiger charge is -2.17. The molecule has 114 valence electrons. The van der Waals surface area contributed by atoms with E-state index in [4.69, 9.17) is 4.74 Å². The van der Waals surface area contributed by atoms with Crippen molar-refractivity contribution in [3.05, 3.63) is 46.5 Å². The first-order valence-corrected chi connectivity index (χ1v) is 6.97. The summed E-state index contributed by atoms with van der Waals surface area (Å²) in [4.78, 5) is 0. The van der Waals surface area contributed by atoms with Gasteiger partial charge in [0.05, 0.1) is 12.8 Å². The number of aromatic nitrogens is 2. The molecule has 0 fully saturated rings. The maximum absolute atomic E-state index is 13.8. The fourth-order valence-electron chi connectivity index (χ4n) is 2.72. The van der Waals surface area contributed by atoms with E-state index in [0.29, 0.717) is 6.42 Å². The molecule has 0 aliphatic rings. The van der Waals surface area contributed by atoms with Crippen molar-refractivity contribution in [3.8, 4) is 5.75 Å².